The number of rotatable bonds is 4. The molecule has 1 aromatic rings. The van der Waals surface area contributed by atoms with E-state index in [-0.39, 0.29) is 0 Å². The molecule has 0 aliphatic carbocycles. The van der Waals surface area contributed by atoms with Gasteiger partial charge in [-0.25, -0.2) is 4.98 Å². The van der Waals surface area contributed by atoms with Crippen LogP contribution in [0.5, 0.6) is 0 Å². The minimum atomic E-state index is 0.686. The Morgan fingerprint density at radius 2 is 2.22 bits per heavy atom. The van der Waals surface area contributed by atoms with Crippen LogP contribution < -0.4 is 5.32 Å². The fraction of sp³-hybridized carbons (Fsp3) is 0.643. The Bertz CT molecular complexity index is 380. The van der Waals surface area contributed by atoms with Gasteiger partial charge in [0.15, 0.2) is 0 Å². The van der Waals surface area contributed by atoms with Crippen molar-refractivity contribution >= 4 is 5.82 Å². The smallest absolute Gasteiger partial charge is 0.126 e. The molecule has 2 rings (SSSR count). The summed E-state index contributed by atoms with van der Waals surface area (Å²) in [5.41, 5.74) is 1.15. The second-order valence-electron chi connectivity index (χ2n) is 5.04. The molecule has 0 amide bonds. The molecule has 2 heterocycles. The summed E-state index contributed by atoms with van der Waals surface area (Å²) in [4.78, 5) is 9.56. The lowest BCUT2D eigenvalue weighted by Crippen LogP contribution is -2.50. The van der Waals surface area contributed by atoms with Gasteiger partial charge in [-0.1, -0.05) is 13.0 Å². The zero-order valence-electron chi connectivity index (χ0n) is 11.7. The van der Waals surface area contributed by atoms with Crippen molar-refractivity contribution in [2.45, 2.75) is 25.9 Å². The quantitative estimate of drug-likeness (QED) is 0.878. The van der Waals surface area contributed by atoms with Gasteiger partial charge in [-0.15, -0.1) is 0 Å². The molecule has 4 heteroatoms. The molecule has 1 saturated heterocycles. The lowest BCUT2D eigenvalue weighted by Gasteiger charge is -2.39. The molecular formula is C14H24N4. The molecule has 0 saturated carbocycles. The third kappa shape index (κ3) is 3.21. The van der Waals surface area contributed by atoms with Crippen LogP contribution in [-0.4, -0.2) is 54.6 Å². The van der Waals surface area contributed by atoms with Crippen LogP contribution in [0.25, 0.3) is 0 Å². The normalized spacial score (nSPS) is 22.1. The number of aromatic nitrogens is 1. The number of hydrogen-bond acceptors (Lipinski definition) is 4. The van der Waals surface area contributed by atoms with E-state index in [1.54, 1.807) is 0 Å². The van der Waals surface area contributed by atoms with Gasteiger partial charge in [0.1, 0.15) is 5.82 Å². The van der Waals surface area contributed by atoms with Gasteiger partial charge in [0, 0.05) is 39.3 Å². The summed E-state index contributed by atoms with van der Waals surface area (Å²) in [5, 5.41) is 3.09. The van der Waals surface area contributed by atoms with Crippen LogP contribution in [-0.2, 0) is 6.54 Å². The van der Waals surface area contributed by atoms with Crippen LogP contribution in [0.1, 0.15) is 19.0 Å². The third-order valence-electron chi connectivity index (χ3n) is 3.78. The summed E-state index contributed by atoms with van der Waals surface area (Å²) in [7, 11) is 4.14. The molecule has 0 aromatic carbocycles. The minimum Gasteiger partial charge on any atom is -0.373 e. The molecule has 1 atom stereocenters. The van der Waals surface area contributed by atoms with E-state index in [1.165, 1.54) is 6.42 Å². The molecule has 1 fully saturated rings. The molecule has 1 aliphatic heterocycles. The van der Waals surface area contributed by atoms with Crippen LogP contribution in [0.2, 0.25) is 0 Å². The summed E-state index contributed by atoms with van der Waals surface area (Å²) in [6, 6.07) is 6.87. The highest BCUT2D eigenvalue weighted by atomic mass is 15.3. The highest BCUT2D eigenvalue weighted by Gasteiger charge is 2.22. The average Bonchev–Trinajstić information content (AvgIpc) is 2.41. The van der Waals surface area contributed by atoms with E-state index in [2.05, 4.69) is 46.2 Å². The number of nitrogens with zero attached hydrogens (tertiary/aromatic N) is 3. The predicted molar refractivity (Wildman–Crippen MR) is 75.8 cm³/mol. The van der Waals surface area contributed by atoms with E-state index in [9.17, 15) is 0 Å². The van der Waals surface area contributed by atoms with Crippen molar-refractivity contribution in [3.8, 4) is 0 Å². The van der Waals surface area contributed by atoms with E-state index >= 15 is 0 Å². The van der Waals surface area contributed by atoms with Crippen molar-refractivity contribution in [2.75, 3.05) is 39.0 Å². The number of nitrogens with one attached hydrogen (secondary N) is 1. The summed E-state index contributed by atoms with van der Waals surface area (Å²) in [5.74, 6) is 0.952. The van der Waals surface area contributed by atoms with Crippen molar-refractivity contribution in [3.05, 3.63) is 23.9 Å². The SMILES string of the molecule is CCC1CN(Cc2cccc(NC)n2)CCN1C. The number of hydrogen-bond donors (Lipinski definition) is 1. The summed E-state index contributed by atoms with van der Waals surface area (Å²) >= 11 is 0. The molecule has 0 spiro atoms. The van der Waals surface area contributed by atoms with Gasteiger partial charge in [-0.3, -0.25) is 4.90 Å². The maximum atomic E-state index is 4.59. The van der Waals surface area contributed by atoms with Crippen LogP contribution in [0.4, 0.5) is 5.82 Å². The van der Waals surface area contributed by atoms with Crippen molar-refractivity contribution in [1.29, 1.82) is 0 Å². The standard InChI is InChI=1S/C14H24N4/c1-4-13-11-18(9-8-17(13)3)10-12-6-5-7-14(15-2)16-12/h5-7,13H,4,8-11H2,1-3H3,(H,15,16). The van der Waals surface area contributed by atoms with E-state index in [1.807, 2.05) is 13.1 Å². The Labute approximate surface area is 110 Å². The number of anilines is 1. The zero-order chi connectivity index (χ0) is 13.0. The van der Waals surface area contributed by atoms with Gasteiger partial charge in [-0.2, -0.15) is 0 Å². The summed E-state index contributed by atoms with van der Waals surface area (Å²) in [6.07, 6.45) is 1.22. The van der Waals surface area contributed by atoms with Crippen molar-refractivity contribution in [3.63, 3.8) is 0 Å². The molecule has 1 aliphatic rings. The van der Waals surface area contributed by atoms with Crippen LogP contribution in [0.3, 0.4) is 0 Å². The average molecular weight is 248 g/mol. The lowest BCUT2D eigenvalue weighted by molar-refractivity contribution is 0.0875. The van der Waals surface area contributed by atoms with Gasteiger partial charge in [0.25, 0.3) is 0 Å². The van der Waals surface area contributed by atoms with Gasteiger partial charge < -0.3 is 10.2 Å². The molecular weight excluding hydrogens is 224 g/mol. The topological polar surface area (TPSA) is 31.4 Å². The van der Waals surface area contributed by atoms with Gasteiger partial charge in [0.05, 0.1) is 5.69 Å². The second-order valence-corrected chi connectivity index (χ2v) is 5.04. The first-order chi connectivity index (χ1) is 8.72. The highest BCUT2D eigenvalue weighted by molar-refractivity contribution is 5.34. The van der Waals surface area contributed by atoms with Crippen LogP contribution >= 0.6 is 0 Å². The minimum absolute atomic E-state index is 0.686. The number of likely N-dealkylation sites (N-methyl/N-ethyl adjacent to an activating group) is 1. The fourth-order valence-corrected chi connectivity index (χ4v) is 2.53. The molecule has 1 aromatic heterocycles. The Morgan fingerprint density at radius 3 is 2.94 bits per heavy atom. The molecule has 100 valence electrons. The largest absolute Gasteiger partial charge is 0.373 e. The second kappa shape index (κ2) is 6.16. The van der Waals surface area contributed by atoms with Crippen LogP contribution in [0, 0.1) is 0 Å². The molecule has 1 N–H and O–H groups in total. The summed E-state index contributed by atoms with van der Waals surface area (Å²) < 4.78 is 0. The molecule has 0 radical (unpaired) electrons. The Kier molecular flexibility index (Phi) is 4.55. The molecule has 1 unspecified atom stereocenters. The monoisotopic (exact) mass is 248 g/mol. The Hall–Kier alpha value is -1.13. The summed E-state index contributed by atoms with van der Waals surface area (Å²) in [6.45, 7) is 6.67. The van der Waals surface area contributed by atoms with Gasteiger partial charge in [0.2, 0.25) is 0 Å². The maximum Gasteiger partial charge on any atom is 0.126 e. The van der Waals surface area contributed by atoms with Crippen molar-refractivity contribution < 1.29 is 0 Å². The zero-order valence-corrected chi connectivity index (χ0v) is 11.7. The lowest BCUT2D eigenvalue weighted by atomic mass is 10.1. The number of piperazine rings is 1. The Morgan fingerprint density at radius 1 is 1.39 bits per heavy atom. The van der Waals surface area contributed by atoms with E-state index in [0.29, 0.717) is 6.04 Å². The third-order valence-corrected chi connectivity index (χ3v) is 3.78. The van der Waals surface area contributed by atoms with E-state index < -0.39 is 0 Å². The first kappa shape index (κ1) is 13.3. The van der Waals surface area contributed by atoms with Crippen molar-refractivity contribution in [1.82, 2.24) is 14.8 Å². The van der Waals surface area contributed by atoms with Crippen LogP contribution in [0.15, 0.2) is 18.2 Å². The molecule has 18 heavy (non-hydrogen) atoms. The molecule has 0 bridgehead atoms. The van der Waals surface area contributed by atoms with E-state index in [4.69, 9.17) is 0 Å². The predicted octanol–water partition coefficient (Wildman–Crippen LogP) is 1.65. The van der Waals surface area contributed by atoms with E-state index in [0.717, 1.165) is 37.7 Å². The maximum absolute atomic E-state index is 4.59. The number of pyridine rings is 1. The van der Waals surface area contributed by atoms with Gasteiger partial charge in [-0.05, 0) is 25.6 Å². The first-order valence-electron chi connectivity index (χ1n) is 6.79. The van der Waals surface area contributed by atoms with Gasteiger partial charge >= 0.3 is 0 Å². The Balaban J connectivity index is 1.96. The van der Waals surface area contributed by atoms with Crippen molar-refractivity contribution in [2.24, 2.45) is 0 Å². The fourth-order valence-electron chi connectivity index (χ4n) is 2.53. The highest BCUT2D eigenvalue weighted by Crippen LogP contribution is 2.14. The first-order valence-corrected chi connectivity index (χ1v) is 6.79. The molecule has 4 nitrogen and oxygen atoms in total.